The highest BCUT2D eigenvalue weighted by Crippen LogP contribution is 2.42. The van der Waals surface area contributed by atoms with E-state index in [1.165, 1.54) is 6.92 Å². The van der Waals surface area contributed by atoms with Crippen LogP contribution in [0.2, 0.25) is 25.7 Å². The number of hydrogen-bond donors (Lipinski definition) is 5. The Kier molecular flexibility index (Phi) is 26.3. The Hall–Kier alpha value is -5.56. The molecule has 4 aliphatic heterocycles. The van der Waals surface area contributed by atoms with E-state index in [-0.39, 0.29) is 6.61 Å². The molecule has 1 amide bonds. The molecule has 4 heterocycles. The molecule has 4 rings (SSSR count). The lowest BCUT2D eigenvalue weighted by atomic mass is 9.87. The van der Waals surface area contributed by atoms with Gasteiger partial charge in [-0.25, -0.2) is 4.79 Å². The predicted octanol–water partition coefficient (Wildman–Crippen LogP) is -2.39. The van der Waals surface area contributed by atoms with Crippen LogP contribution in [0.3, 0.4) is 0 Å². The molecule has 0 saturated carbocycles. The number of rotatable bonds is 25. The number of nitrogens with two attached hydrogens (primary N) is 1. The van der Waals surface area contributed by atoms with E-state index in [1.807, 2.05) is 0 Å². The van der Waals surface area contributed by atoms with Gasteiger partial charge in [-0.1, -0.05) is 19.6 Å². The predicted molar refractivity (Wildman–Crippen MR) is 276 cm³/mol. The molecule has 0 unspecified atom stereocenters. The van der Waals surface area contributed by atoms with E-state index in [1.54, 1.807) is 0 Å². The normalized spacial score (nSPS) is 34.0. The topological polar surface area (TPSA) is 426 Å². The molecule has 4 fully saturated rings. The van der Waals surface area contributed by atoms with Crippen LogP contribution in [0.25, 0.3) is 0 Å². The van der Waals surface area contributed by atoms with Crippen molar-refractivity contribution in [2.45, 2.75) is 230 Å². The number of aliphatic hydroxyl groups excluding tert-OH is 3. The quantitative estimate of drug-likeness (QED) is 0.0362. The van der Waals surface area contributed by atoms with Crippen LogP contribution in [0.5, 0.6) is 0 Å². The number of hydrogen-bond acceptors (Lipinski definition) is 31. The molecular weight excluding hydrogens is 1150 g/mol. The first-order chi connectivity index (χ1) is 39.1. The van der Waals surface area contributed by atoms with Gasteiger partial charge in [-0.2, -0.15) is 0 Å². The Balaban J connectivity index is 2.08. The average molecular weight is 1230 g/mol. The summed E-state index contributed by atoms with van der Waals surface area (Å²) in [5, 5.41) is 35.3. The minimum Gasteiger partial charge on any atom is -0.465 e. The van der Waals surface area contributed by atoms with Gasteiger partial charge in [0.1, 0.15) is 80.9 Å². The van der Waals surface area contributed by atoms with Crippen molar-refractivity contribution in [3.63, 3.8) is 0 Å². The van der Waals surface area contributed by atoms with Crippen LogP contribution >= 0.6 is 0 Å². The molecule has 0 aromatic carbocycles. The maximum Gasteiger partial charge on any atom is 0.366 e. The molecule has 33 heteroatoms. The first-order valence-electron chi connectivity index (χ1n) is 26.7. The fraction of sp³-hybridized carbons (Fsp3) is 0.804. The minimum atomic E-state index is -3.15. The number of carbonyl (C=O) groups excluding carboxylic acids is 10. The molecule has 84 heavy (non-hydrogen) atoms. The molecule has 0 aromatic rings. The summed E-state index contributed by atoms with van der Waals surface area (Å²) in [4.78, 5) is 131. The number of esters is 9. The molecule has 32 nitrogen and oxygen atoms in total. The van der Waals surface area contributed by atoms with Crippen molar-refractivity contribution < 1.29 is 144 Å². The van der Waals surface area contributed by atoms with Crippen LogP contribution in [0, 0.1) is 0 Å². The van der Waals surface area contributed by atoms with E-state index >= 15 is 0 Å². The van der Waals surface area contributed by atoms with Crippen molar-refractivity contribution in [1.82, 2.24) is 5.32 Å². The maximum atomic E-state index is 14.8. The second-order valence-corrected chi connectivity index (χ2v) is 27.1. The van der Waals surface area contributed by atoms with Crippen LogP contribution in [0.1, 0.15) is 75.7 Å². The van der Waals surface area contributed by atoms with Gasteiger partial charge in [-0.05, 0) is 13.0 Å². The summed E-state index contributed by atoms with van der Waals surface area (Å²) in [6.45, 7) is 13.9. The summed E-state index contributed by atoms with van der Waals surface area (Å²) >= 11 is 0. The van der Waals surface area contributed by atoms with Crippen LogP contribution in [-0.4, -0.2) is 245 Å². The molecule has 0 spiro atoms. The number of carbonyl (C=O) groups is 10. The maximum absolute atomic E-state index is 14.8. The van der Waals surface area contributed by atoms with Gasteiger partial charge in [-0.3, -0.25) is 43.2 Å². The number of nitrogens with one attached hydrogen (secondary N) is 1. The second-order valence-electron chi connectivity index (χ2n) is 21.5. The zero-order chi connectivity index (χ0) is 63.3. The zero-order valence-electron chi connectivity index (χ0n) is 49.2. The van der Waals surface area contributed by atoms with Gasteiger partial charge in [0, 0.05) is 77.0 Å². The summed E-state index contributed by atoms with van der Waals surface area (Å²) in [7, 11) is -0.960. The van der Waals surface area contributed by atoms with Crippen molar-refractivity contribution in [2.24, 2.45) is 5.73 Å². The molecule has 0 radical (unpaired) electrons. The Morgan fingerprint density at radius 3 is 1.67 bits per heavy atom. The largest absolute Gasteiger partial charge is 0.465 e. The minimum absolute atomic E-state index is 0.0821. The molecule has 4 aliphatic rings. The third-order valence-corrected chi connectivity index (χ3v) is 14.8. The first-order valence-corrected chi connectivity index (χ1v) is 30.4. The van der Waals surface area contributed by atoms with E-state index in [2.05, 4.69) is 25.0 Å². The summed E-state index contributed by atoms with van der Waals surface area (Å²) in [5.74, 6) is -13.7. The molecule has 0 bridgehead atoms. The molecular formula is C51H80N2O30Si. The Labute approximate surface area is 484 Å². The summed E-state index contributed by atoms with van der Waals surface area (Å²) < 4.78 is 101. The highest BCUT2D eigenvalue weighted by atomic mass is 28.3. The van der Waals surface area contributed by atoms with Crippen LogP contribution in [0.4, 0.5) is 0 Å². The van der Waals surface area contributed by atoms with Crippen molar-refractivity contribution in [1.29, 1.82) is 0 Å². The van der Waals surface area contributed by atoms with Crippen LogP contribution in [-0.2, 0) is 128 Å². The SMILES string of the molecule is COC(=O)[C@@]1(O[C@H]2[C@@H](OC(C)=O)[C@@H](COC(C)=O)O[C@@H](O[C@H]3[C@H](O[C@@H]4O[C@@H](C)[C@@H](O)[C@@H](O)[C@@H]4O)[C@@H](N)[C@H](OCC[Si](C)(C)C)O[C@@H]3COC(C)=O)[C@@H]2OC(C)=O)C[C@H](OC(C)=O)[C@@H](NC(C)=O)[C@H]([C@H](OC(C)=O)[C@@H](COC(C)=O)OC(C)=O)O1. The fourth-order valence-corrected chi connectivity index (χ4v) is 10.2. The van der Waals surface area contributed by atoms with E-state index < -0.39 is 222 Å². The van der Waals surface area contributed by atoms with Crippen LogP contribution in [0.15, 0.2) is 0 Å². The Morgan fingerprint density at radius 1 is 0.619 bits per heavy atom. The average Bonchev–Trinajstić information content (AvgIpc) is 1.88. The van der Waals surface area contributed by atoms with E-state index in [9.17, 15) is 63.3 Å². The second kappa shape index (κ2) is 31.2. The van der Waals surface area contributed by atoms with Crippen molar-refractivity contribution in [3.05, 3.63) is 0 Å². The number of methoxy groups -OCH3 is 1. The molecule has 0 aromatic heterocycles. The third kappa shape index (κ3) is 20.0. The van der Waals surface area contributed by atoms with Crippen LogP contribution < -0.4 is 11.1 Å². The number of amides is 1. The van der Waals surface area contributed by atoms with E-state index in [0.29, 0.717) is 6.04 Å². The zero-order valence-corrected chi connectivity index (χ0v) is 50.2. The van der Waals surface area contributed by atoms with Crippen molar-refractivity contribution in [3.8, 4) is 0 Å². The number of aliphatic hydroxyl groups is 3. The van der Waals surface area contributed by atoms with Gasteiger partial charge in [0.05, 0.1) is 31.7 Å². The molecule has 21 atom stereocenters. The third-order valence-electron chi connectivity index (χ3n) is 13.1. The Bertz CT molecular complexity index is 2320. The highest BCUT2D eigenvalue weighted by Gasteiger charge is 2.64. The van der Waals surface area contributed by atoms with Gasteiger partial charge in [-0.15, -0.1) is 0 Å². The summed E-state index contributed by atoms with van der Waals surface area (Å²) in [6.07, 6.45) is -34.3. The van der Waals surface area contributed by atoms with E-state index in [4.69, 9.17) is 86.3 Å². The lowest BCUT2D eigenvalue weighted by Crippen LogP contribution is -2.72. The fourth-order valence-electron chi connectivity index (χ4n) is 9.51. The number of ether oxygens (including phenoxy) is 17. The molecule has 4 saturated heterocycles. The monoisotopic (exact) mass is 1230 g/mol. The van der Waals surface area contributed by atoms with Gasteiger partial charge >= 0.3 is 53.7 Å². The van der Waals surface area contributed by atoms with E-state index in [0.717, 1.165) is 69.4 Å². The summed E-state index contributed by atoms with van der Waals surface area (Å²) in [6, 6.07) is -2.62. The van der Waals surface area contributed by atoms with Crippen molar-refractivity contribution in [2.75, 3.05) is 33.5 Å². The first kappa shape index (κ1) is 70.9. The molecule has 6 N–H and O–H groups in total. The standard InChI is InChI=1S/C51H80N2O30Si/c1-21-37(63)38(64)39(65)48(72-21)81-43-35(52)47(68-15-16-84(12,13)14)78-33(19-70-24(4)56)40(43)80-49-46(77-30(10)62)45(42(76-29(9)61)34(79-49)20-71-25(5)57)83-51(50(66)67-11)17-31(73-26(6)58)36(53-22(2)54)44(82-51)41(75-28(8)60)32(74-27(7)59)18-69-23(3)55/h21,31-49,63-65H,15-20,52H2,1-14H3,(H,53,54)/t21-,31-,32+,33+,34+,35+,36+,37+,38+,39-,40+,41+,42-,43+,44+,45-,46+,47+,48-,49-,51-/m0/s1. The molecule has 0 aliphatic carbocycles. The van der Waals surface area contributed by atoms with Crippen molar-refractivity contribution >= 4 is 67.7 Å². The highest BCUT2D eigenvalue weighted by molar-refractivity contribution is 6.76. The van der Waals surface area contributed by atoms with Gasteiger partial charge in [0.2, 0.25) is 5.91 Å². The Morgan fingerprint density at radius 2 is 1.15 bits per heavy atom. The summed E-state index contributed by atoms with van der Waals surface area (Å²) in [5.41, 5.74) is 6.92. The lowest BCUT2D eigenvalue weighted by Gasteiger charge is -2.52. The lowest BCUT2D eigenvalue weighted by molar-refractivity contribution is -0.390. The van der Waals surface area contributed by atoms with Gasteiger partial charge in [0.15, 0.2) is 43.3 Å². The molecule has 478 valence electrons. The van der Waals surface area contributed by atoms with Gasteiger partial charge < -0.3 is 107 Å². The van der Waals surface area contributed by atoms with Gasteiger partial charge in [0.25, 0.3) is 5.79 Å². The smallest absolute Gasteiger partial charge is 0.366 e.